The lowest BCUT2D eigenvalue weighted by atomic mass is 9.88. The Kier molecular flexibility index (Phi) is 5.07. The van der Waals surface area contributed by atoms with Crippen molar-refractivity contribution in [2.75, 3.05) is 13.1 Å². The number of likely N-dealkylation sites (tertiary alicyclic amines) is 1. The Labute approximate surface area is 160 Å². The van der Waals surface area contributed by atoms with Crippen molar-refractivity contribution in [2.24, 2.45) is 5.73 Å². The second kappa shape index (κ2) is 7.80. The Morgan fingerprint density at radius 3 is 2.44 bits per heavy atom. The molecule has 0 atom stereocenters. The maximum Gasteiger partial charge on any atom is 0.255 e. The average Bonchev–Trinajstić information content (AvgIpc) is 3.28. The second-order valence-electron chi connectivity index (χ2n) is 7.12. The molecule has 4 rings (SSSR count). The number of carbonyl (C=O) groups is 1. The van der Waals surface area contributed by atoms with Gasteiger partial charge in [0.25, 0.3) is 5.91 Å². The molecule has 4 heteroatoms. The Morgan fingerprint density at radius 2 is 1.70 bits per heavy atom. The van der Waals surface area contributed by atoms with Gasteiger partial charge in [0.2, 0.25) is 0 Å². The summed E-state index contributed by atoms with van der Waals surface area (Å²) in [5, 5.41) is 0. The van der Waals surface area contributed by atoms with Crippen LogP contribution in [0, 0.1) is 0 Å². The van der Waals surface area contributed by atoms with E-state index in [2.05, 4.69) is 24.3 Å². The van der Waals surface area contributed by atoms with Gasteiger partial charge >= 0.3 is 0 Å². The summed E-state index contributed by atoms with van der Waals surface area (Å²) in [5.74, 6) is 0.619. The van der Waals surface area contributed by atoms with Gasteiger partial charge in [-0.2, -0.15) is 0 Å². The van der Waals surface area contributed by atoms with Gasteiger partial charge < -0.3 is 15.2 Å². The Balaban J connectivity index is 1.48. The second-order valence-corrected chi connectivity index (χ2v) is 7.12. The van der Waals surface area contributed by atoms with Crippen molar-refractivity contribution in [3.8, 4) is 5.69 Å². The van der Waals surface area contributed by atoms with Crippen molar-refractivity contribution < 1.29 is 4.79 Å². The van der Waals surface area contributed by atoms with Crippen LogP contribution in [0.1, 0.15) is 40.2 Å². The van der Waals surface area contributed by atoms with Crippen LogP contribution >= 0.6 is 0 Å². The minimum atomic E-state index is 0.119. The van der Waals surface area contributed by atoms with Crippen LogP contribution in [0.15, 0.2) is 73.1 Å². The number of hydrogen-bond acceptors (Lipinski definition) is 2. The number of hydrogen-bond donors (Lipinski definition) is 1. The molecular formula is C23H25N3O. The number of amides is 1. The molecule has 1 aliphatic heterocycles. The number of piperidine rings is 1. The first-order chi connectivity index (χ1) is 13.3. The summed E-state index contributed by atoms with van der Waals surface area (Å²) in [6.07, 6.45) is 5.93. The van der Waals surface area contributed by atoms with Gasteiger partial charge in [-0.05, 0) is 54.2 Å². The quantitative estimate of drug-likeness (QED) is 0.767. The minimum absolute atomic E-state index is 0.119. The van der Waals surface area contributed by atoms with E-state index in [-0.39, 0.29) is 5.91 Å². The normalized spacial score (nSPS) is 15.1. The number of para-hydroxylation sites is 1. The maximum absolute atomic E-state index is 13.2. The summed E-state index contributed by atoms with van der Waals surface area (Å²) in [7, 11) is 0. The molecule has 2 N–H and O–H groups in total. The molecule has 0 bridgehead atoms. The van der Waals surface area contributed by atoms with E-state index in [0.29, 0.717) is 12.5 Å². The first kappa shape index (κ1) is 17.6. The molecule has 4 nitrogen and oxygen atoms in total. The lowest BCUT2D eigenvalue weighted by molar-refractivity contribution is 0.0713. The van der Waals surface area contributed by atoms with Crippen molar-refractivity contribution in [3.05, 3.63) is 89.7 Å². The van der Waals surface area contributed by atoms with Crippen LogP contribution in [-0.4, -0.2) is 28.5 Å². The van der Waals surface area contributed by atoms with Gasteiger partial charge in [0.1, 0.15) is 0 Å². The highest BCUT2D eigenvalue weighted by atomic mass is 16.2. The molecule has 2 heterocycles. The van der Waals surface area contributed by atoms with Crippen LogP contribution in [0.3, 0.4) is 0 Å². The maximum atomic E-state index is 13.2. The van der Waals surface area contributed by atoms with E-state index in [0.717, 1.165) is 37.2 Å². The van der Waals surface area contributed by atoms with Crippen molar-refractivity contribution in [1.82, 2.24) is 9.47 Å². The molecule has 1 aromatic heterocycles. The summed E-state index contributed by atoms with van der Waals surface area (Å²) in [4.78, 5) is 15.1. The lowest BCUT2D eigenvalue weighted by Crippen LogP contribution is -2.38. The Bertz CT molecular complexity index is 909. The lowest BCUT2D eigenvalue weighted by Gasteiger charge is -2.33. The van der Waals surface area contributed by atoms with Crippen molar-refractivity contribution in [3.63, 3.8) is 0 Å². The summed E-state index contributed by atoms with van der Waals surface area (Å²) in [6.45, 7) is 2.15. The first-order valence-electron chi connectivity index (χ1n) is 9.57. The number of aromatic nitrogens is 1. The van der Waals surface area contributed by atoms with Gasteiger partial charge in [0, 0.05) is 32.0 Å². The van der Waals surface area contributed by atoms with Crippen LogP contribution in [-0.2, 0) is 6.54 Å². The predicted molar refractivity (Wildman–Crippen MR) is 108 cm³/mol. The number of nitrogens with zero attached hydrogens (tertiary/aromatic N) is 2. The molecule has 1 fully saturated rings. The monoisotopic (exact) mass is 359 g/mol. The third kappa shape index (κ3) is 3.67. The predicted octanol–water partition coefficient (Wildman–Crippen LogP) is 3.96. The van der Waals surface area contributed by atoms with Crippen LogP contribution in [0.4, 0.5) is 0 Å². The van der Waals surface area contributed by atoms with E-state index >= 15 is 0 Å². The van der Waals surface area contributed by atoms with Crippen molar-refractivity contribution in [1.29, 1.82) is 0 Å². The molecule has 2 aromatic carbocycles. The number of benzene rings is 2. The highest BCUT2D eigenvalue weighted by Gasteiger charge is 2.26. The minimum Gasteiger partial charge on any atom is -0.339 e. The van der Waals surface area contributed by atoms with Crippen LogP contribution in [0.25, 0.3) is 5.69 Å². The van der Waals surface area contributed by atoms with E-state index in [1.165, 1.54) is 11.1 Å². The molecule has 1 aliphatic rings. The molecule has 0 saturated carbocycles. The molecule has 27 heavy (non-hydrogen) atoms. The summed E-state index contributed by atoms with van der Waals surface area (Å²) < 4.78 is 2.00. The molecule has 0 spiro atoms. The van der Waals surface area contributed by atoms with Crippen LogP contribution in [0.5, 0.6) is 0 Å². The van der Waals surface area contributed by atoms with Gasteiger partial charge in [-0.15, -0.1) is 0 Å². The summed E-state index contributed by atoms with van der Waals surface area (Å²) in [6, 6.07) is 20.3. The van der Waals surface area contributed by atoms with Gasteiger partial charge in [-0.25, -0.2) is 0 Å². The van der Waals surface area contributed by atoms with Crippen molar-refractivity contribution >= 4 is 5.91 Å². The molecule has 138 valence electrons. The van der Waals surface area contributed by atoms with E-state index in [1.54, 1.807) is 0 Å². The molecule has 0 aliphatic carbocycles. The fourth-order valence-corrected chi connectivity index (χ4v) is 3.94. The number of nitrogens with two attached hydrogens (primary N) is 1. The van der Waals surface area contributed by atoms with E-state index in [1.807, 2.05) is 58.3 Å². The Morgan fingerprint density at radius 1 is 0.963 bits per heavy atom. The first-order valence-corrected chi connectivity index (χ1v) is 9.57. The van der Waals surface area contributed by atoms with Gasteiger partial charge in [0.15, 0.2) is 0 Å². The molecule has 0 unspecified atom stereocenters. The molecule has 0 radical (unpaired) electrons. The SMILES string of the molecule is NCc1cccc(C2CCN(C(=O)c3ccccc3-n3cccc3)CC2)c1. The summed E-state index contributed by atoms with van der Waals surface area (Å²) in [5.41, 5.74) is 9.99. The molecule has 3 aromatic rings. The summed E-state index contributed by atoms with van der Waals surface area (Å²) >= 11 is 0. The van der Waals surface area contributed by atoms with Crippen LogP contribution < -0.4 is 5.73 Å². The molecular weight excluding hydrogens is 334 g/mol. The zero-order valence-corrected chi connectivity index (χ0v) is 15.4. The van der Waals surface area contributed by atoms with Gasteiger partial charge in [0.05, 0.1) is 11.3 Å². The van der Waals surface area contributed by atoms with Gasteiger partial charge in [-0.1, -0.05) is 36.4 Å². The highest BCUT2D eigenvalue weighted by Crippen LogP contribution is 2.29. The zero-order valence-electron chi connectivity index (χ0n) is 15.4. The fraction of sp³-hybridized carbons (Fsp3) is 0.261. The smallest absolute Gasteiger partial charge is 0.255 e. The van der Waals surface area contributed by atoms with E-state index in [4.69, 9.17) is 5.73 Å². The zero-order chi connectivity index (χ0) is 18.6. The topological polar surface area (TPSA) is 51.3 Å². The highest BCUT2D eigenvalue weighted by molar-refractivity contribution is 5.97. The fourth-order valence-electron chi connectivity index (χ4n) is 3.94. The average molecular weight is 359 g/mol. The number of carbonyl (C=O) groups excluding carboxylic acids is 1. The van der Waals surface area contributed by atoms with E-state index < -0.39 is 0 Å². The van der Waals surface area contributed by atoms with Crippen molar-refractivity contribution in [2.45, 2.75) is 25.3 Å². The number of rotatable bonds is 4. The molecule has 1 amide bonds. The van der Waals surface area contributed by atoms with Crippen LogP contribution in [0.2, 0.25) is 0 Å². The third-order valence-corrected chi connectivity index (χ3v) is 5.46. The third-order valence-electron chi connectivity index (χ3n) is 5.46. The van der Waals surface area contributed by atoms with Gasteiger partial charge in [-0.3, -0.25) is 4.79 Å². The standard InChI is InChI=1S/C23H25N3O/c24-17-18-6-5-7-20(16-18)19-10-14-26(15-11-19)23(27)21-8-1-2-9-22(21)25-12-3-4-13-25/h1-9,12-13,16,19H,10-11,14-15,17,24H2. The van der Waals surface area contributed by atoms with E-state index in [9.17, 15) is 4.79 Å². The molecule has 1 saturated heterocycles. The largest absolute Gasteiger partial charge is 0.339 e. The Hall–Kier alpha value is -2.85.